The van der Waals surface area contributed by atoms with Gasteiger partial charge >= 0.3 is 0 Å². The predicted molar refractivity (Wildman–Crippen MR) is 81.2 cm³/mol. The van der Waals surface area contributed by atoms with E-state index in [-0.39, 0.29) is 23.3 Å². The largest absolute Gasteiger partial charge is 0.371 e. The van der Waals surface area contributed by atoms with E-state index in [1.807, 2.05) is 0 Å². The van der Waals surface area contributed by atoms with Crippen molar-refractivity contribution in [3.05, 3.63) is 33.2 Å². The number of hydrogen-bond donors (Lipinski definition) is 3. The molecule has 0 spiro atoms. The molecule has 20 heavy (non-hydrogen) atoms. The predicted octanol–water partition coefficient (Wildman–Crippen LogP) is 3.55. The highest BCUT2D eigenvalue weighted by molar-refractivity contribution is 6.42. The highest BCUT2D eigenvalue weighted by Crippen LogP contribution is 2.34. The molecule has 1 aromatic heterocycles. The van der Waals surface area contributed by atoms with Crippen LogP contribution in [0.25, 0.3) is 0 Å². The number of nitrogens with zero attached hydrogens (tertiary/aromatic N) is 3. The number of halogens is 2. The second kappa shape index (κ2) is 5.89. The summed E-state index contributed by atoms with van der Waals surface area (Å²) in [6.45, 7) is 0. The Morgan fingerprint density at radius 2 is 1.90 bits per heavy atom. The van der Waals surface area contributed by atoms with Crippen molar-refractivity contribution in [3.63, 3.8) is 0 Å². The fourth-order valence-electron chi connectivity index (χ4n) is 1.53. The fraction of sp³-hybridized carbons (Fsp3) is 0.0909. The second-order valence-electron chi connectivity index (χ2n) is 3.72. The molecule has 0 atom stereocenters. The number of aromatic nitrogens is 2. The van der Waals surface area contributed by atoms with E-state index in [1.165, 1.54) is 0 Å². The first-order valence-corrected chi connectivity index (χ1v) is 6.21. The zero-order valence-corrected chi connectivity index (χ0v) is 11.8. The van der Waals surface area contributed by atoms with E-state index in [0.717, 1.165) is 0 Å². The molecule has 2 aromatic rings. The Morgan fingerprint density at radius 1 is 1.20 bits per heavy atom. The molecule has 104 valence electrons. The van der Waals surface area contributed by atoms with Gasteiger partial charge < -0.3 is 16.4 Å². The average Bonchev–Trinajstić information content (AvgIpc) is 2.42. The number of rotatable bonds is 4. The van der Waals surface area contributed by atoms with Gasteiger partial charge in [0.05, 0.1) is 10.0 Å². The highest BCUT2D eigenvalue weighted by Gasteiger charge is 2.14. The van der Waals surface area contributed by atoms with Gasteiger partial charge in [0.15, 0.2) is 17.3 Å². The van der Waals surface area contributed by atoms with Crippen LogP contribution in [0.3, 0.4) is 0 Å². The molecule has 0 aliphatic rings. The highest BCUT2D eigenvalue weighted by atomic mass is 35.5. The van der Waals surface area contributed by atoms with Crippen LogP contribution < -0.4 is 16.4 Å². The molecule has 0 aliphatic heterocycles. The van der Waals surface area contributed by atoms with Gasteiger partial charge in [0.25, 0.3) is 0 Å². The maximum Gasteiger partial charge on any atom is 0.224 e. The lowest BCUT2D eigenvalue weighted by Gasteiger charge is -2.11. The molecule has 7 nitrogen and oxygen atoms in total. The van der Waals surface area contributed by atoms with E-state index >= 15 is 0 Å². The Kier molecular flexibility index (Phi) is 4.21. The van der Waals surface area contributed by atoms with Crippen molar-refractivity contribution in [2.45, 2.75) is 0 Å². The van der Waals surface area contributed by atoms with Gasteiger partial charge in [0.2, 0.25) is 5.95 Å². The van der Waals surface area contributed by atoms with Gasteiger partial charge in [-0.2, -0.15) is 9.97 Å². The first-order valence-electron chi connectivity index (χ1n) is 5.46. The molecule has 9 heteroatoms. The van der Waals surface area contributed by atoms with Crippen LogP contribution in [0.4, 0.5) is 29.0 Å². The van der Waals surface area contributed by atoms with Gasteiger partial charge in [-0.1, -0.05) is 23.2 Å². The van der Waals surface area contributed by atoms with Crippen molar-refractivity contribution in [2.24, 2.45) is 5.18 Å². The summed E-state index contributed by atoms with van der Waals surface area (Å²) in [6, 6.07) is 4.89. The molecule has 1 heterocycles. The molecule has 0 saturated heterocycles. The minimum atomic E-state index is 0.00399. The summed E-state index contributed by atoms with van der Waals surface area (Å²) in [6.07, 6.45) is 0. The molecule has 0 saturated carbocycles. The van der Waals surface area contributed by atoms with Crippen molar-refractivity contribution < 1.29 is 0 Å². The first-order chi connectivity index (χ1) is 9.55. The van der Waals surface area contributed by atoms with Gasteiger partial charge in [-0.3, -0.25) is 0 Å². The molecule has 0 radical (unpaired) electrons. The van der Waals surface area contributed by atoms with E-state index < -0.39 is 0 Å². The van der Waals surface area contributed by atoms with Crippen molar-refractivity contribution in [1.82, 2.24) is 9.97 Å². The number of benzene rings is 1. The van der Waals surface area contributed by atoms with Crippen LogP contribution in [0.5, 0.6) is 0 Å². The third-order valence-corrected chi connectivity index (χ3v) is 3.15. The zero-order chi connectivity index (χ0) is 14.7. The molecule has 1 aromatic carbocycles. The Labute approximate surface area is 124 Å². The number of nitrogens with two attached hydrogens (primary N) is 1. The van der Waals surface area contributed by atoms with Crippen LogP contribution in [0, 0.1) is 4.91 Å². The quantitative estimate of drug-likeness (QED) is 0.745. The van der Waals surface area contributed by atoms with E-state index in [0.29, 0.717) is 15.7 Å². The Hall–Kier alpha value is -2.12. The van der Waals surface area contributed by atoms with Gasteiger partial charge in [0.1, 0.15) is 0 Å². The lowest BCUT2D eigenvalue weighted by atomic mass is 10.3. The van der Waals surface area contributed by atoms with Gasteiger partial charge in [-0.15, -0.1) is 4.91 Å². The number of anilines is 4. The SMILES string of the molecule is CNc1nc(N)nc(Nc2ccc(Cl)c(Cl)c2)c1N=O. The standard InChI is InChI=1S/C11H10Cl2N6O/c1-15-9-8(19-20)10(18-11(14)17-9)16-5-2-3-6(12)7(13)4-5/h2-4H,1H3,(H4,14,15,16,17,18). The molecule has 0 amide bonds. The van der Waals surface area contributed by atoms with Crippen LogP contribution in [0.1, 0.15) is 0 Å². The van der Waals surface area contributed by atoms with Crippen LogP contribution in [-0.2, 0) is 0 Å². The topological polar surface area (TPSA) is 105 Å². The molecule has 0 bridgehead atoms. The number of nitroso groups, excluding NO2 is 1. The van der Waals surface area contributed by atoms with Crippen molar-refractivity contribution >= 4 is 52.2 Å². The third-order valence-electron chi connectivity index (χ3n) is 2.41. The molecular formula is C11H10Cl2N6O. The van der Waals surface area contributed by atoms with Crippen molar-refractivity contribution in [3.8, 4) is 0 Å². The molecule has 0 aliphatic carbocycles. The van der Waals surface area contributed by atoms with Gasteiger partial charge in [-0.25, -0.2) is 0 Å². The Bertz CT molecular complexity index is 664. The van der Waals surface area contributed by atoms with E-state index in [4.69, 9.17) is 28.9 Å². The normalized spacial score (nSPS) is 10.2. The Morgan fingerprint density at radius 3 is 2.50 bits per heavy atom. The van der Waals surface area contributed by atoms with Crippen LogP contribution in [0.15, 0.2) is 23.4 Å². The molecule has 0 fully saturated rings. The molecule has 2 rings (SSSR count). The van der Waals surface area contributed by atoms with Gasteiger partial charge in [-0.05, 0) is 23.4 Å². The lowest BCUT2D eigenvalue weighted by molar-refractivity contribution is 1.16. The zero-order valence-electron chi connectivity index (χ0n) is 10.3. The van der Waals surface area contributed by atoms with Crippen molar-refractivity contribution in [1.29, 1.82) is 0 Å². The third kappa shape index (κ3) is 2.89. The van der Waals surface area contributed by atoms with E-state index in [2.05, 4.69) is 25.8 Å². The fourth-order valence-corrected chi connectivity index (χ4v) is 1.83. The van der Waals surface area contributed by atoms with Crippen molar-refractivity contribution in [2.75, 3.05) is 23.4 Å². The summed E-state index contributed by atoms with van der Waals surface area (Å²) >= 11 is 11.7. The van der Waals surface area contributed by atoms with Crippen LogP contribution >= 0.6 is 23.2 Å². The minimum Gasteiger partial charge on any atom is -0.371 e. The number of nitrogens with one attached hydrogen (secondary N) is 2. The van der Waals surface area contributed by atoms with E-state index in [9.17, 15) is 4.91 Å². The summed E-state index contributed by atoms with van der Waals surface area (Å²) in [5.41, 5.74) is 6.18. The summed E-state index contributed by atoms with van der Waals surface area (Å²) in [4.78, 5) is 18.7. The average molecular weight is 313 g/mol. The first kappa shape index (κ1) is 14.3. The molecule has 4 N–H and O–H groups in total. The van der Waals surface area contributed by atoms with Crippen LogP contribution in [-0.4, -0.2) is 17.0 Å². The van der Waals surface area contributed by atoms with Crippen LogP contribution in [0.2, 0.25) is 10.0 Å². The summed E-state index contributed by atoms with van der Waals surface area (Å²) in [5.74, 6) is 0.412. The van der Waals surface area contributed by atoms with Gasteiger partial charge in [0, 0.05) is 12.7 Å². The molecule has 0 unspecified atom stereocenters. The van der Waals surface area contributed by atoms with E-state index in [1.54, 1.807) is 25.2 Å². The number of hydrogen-bond acceptors (Lipinski definition) is 7. The summed E-state index contributed by atoms with van der Waals surface area (Å²) in [7, 11) is 1.60. The maximum absolute atomic E-state index is 10.9. The molecular weight excluding hydrogens is 303 g/mol. The summed E-state index contributed by atoms with van der Waals surface area (Å²) < 4.78 is 0. The minimum absolute atomic E-state index is 0.00399. The summed E-state index contributed by atoms with van der Waals surface area (Å²) in [5, 5.41) is 9.31. The maximum atomic E-state index is 10.9. The second-order valence-corrected chi connectivity index (χ2v) is 4.54. The number of nitrogen functional groups attached to an aromatic ring is 1. The Balaban J connectivity index is 2.44. The smallest absolute Gasteiger partial charge is 0.224 e. The monoisotopic (exact) mass is 312 g/mol. The lowest BCUT2D eigenvalue weighted by Crippen LogP contribution is -2.04.